The first-order valence-electron chi connectivity index (χ1n) is 17.5. The van der Waals surface area contributed by atoms with E-state index >= 15 is 0 Å². The van der Waals surface area contributed by atoms with Crippen LogP contribution in [0.25, 0.3) is 0 Å². The zero-order valence-electron chi connectivity index (χ0n) is 32.2. The number of anilines is 1. The molecule has 0 fully saturated rings. The highest BCUT2D eigenvalue weighted by Gasteiger charge is 2.31. The minimum atomic E-state index is -0.819. The van der Waals surface area contributed by atoms with Gasteiger partial charge in [-0.1, -0.05) is 61.0 Å². The van der Waals surface area contributed by atoms with Crippen LogP contribution < -0.4 is 21.7 Å². The molecule has 0 heterocycles. The summed E-state index contributed by atoms with van der Waals surface area (Å²) >= 11 is 0. The summed E-state index contributed by atoms with van der Waals surface area (Å²) in [5, 5.41) is 8.00. The second-order valence-corrected chi connectivity index (χ2v) is 12.9. The molecule has 0 aliphatic rings. The van der Waals surface area contributed by atoms with Crippen LogP contribution in [0, 0.1) is 24.2 Å². The summed E-state index contributed by atoms with van der Waals surface area (Å²) in [5.41, 5.74) is 7.14. The molecule has 1 aromatic rings. The van der Waals surface area contributed by atoms with Gasteiger partial charge in [0.15, 0.2) is 0 Å². The molecule has 274 valence electrons. The molecule has 0 spiro atoms. The Morgan fingerprint density at radius 2 is 1.62 bits per heavy atom. The fourth-order valence-electron chi connectivity index (χ4n) is 4.30. The Morgan fingerprint density at radius 1 is 1.00 bits per heavy atom. The van der Waals surface area contributed by atoms with Crippen LogP contribution in [-0.4, -0.2) is 66.9 Å². The fraction of sp³-hybridized carbons (Fsp3) is 0.684. The van der Waals surface area contributed by atoms with Crippen LogP contribution in [0.5, 0.6) is 0 Å². The number of hydrogen-bond acceptors (Lipinski definition) is 6. The molecule has 1 atom stereocenters. The molecule has 0 saturated heterocycles. The van der Waals surface area contributed by atoms with Crippen molar-refractivity contribution in [2.24, 2.45) is 11.1 Å². The van der Waals surface area contributed by atoms with Gasteiger partial charge in [0.1, 0.15) is 6.04 Å². The van der Waals surface area contributed by atoms with Crippen LogP contribution in [0.2, 0.25) is 0 Å². The lowest BCUT2D eigenvalue weighted by Crippen LogP contribution is -2.45. The van der Waals surface area contributed by atoms with Gasteiger partial charge >= 0.3 is 0 Å². The molecule has 1 rings (SSSR count). The summed E-state index contributed by atoms with van der Waals surface area (Å²) in [5.74, 6) is 4.84. The smallest absolute Gasteiger partial charge is 0.246 e. The van der Waals surface area contributed by atoms with Crippen LogP contribution >= 0.6 is 0 Å². The molecule has 0 aliphatic heterocycles. The third-order valence-electron chi connectivity index (χ3n) is 7.14. The summed E-state index contributed by atoms with van der Waals surface area (Å²) in [4.78, 5) is 52.0. The maximum Gasteiger partial charge on any atom is 0.246 e. The third-order valence-corrected chi connectivity index (χ3v) is 7.14. The predicted octanol–water partition coefficient (Wildman–Crippen LogP) is 6.10. The third kappa shape index (κ3) is 20.7. The lowest BCUT2D eigenvalue weighted by Gasteiger charge is -2.32. The molecule has 0 bridgehead atoms. The van der Waals surface area contributed by atoms with Gasteiger partial charge < -0.3 is 31.3 Å². The number of nitrogens with two attached hydrogens (primary N) is 1. The maximum absolute atomic E-state index is 13.3. The molecule has 0 aromatic heterocycles. The van der Waals surface area contributed by atoms with Crippen molar-refractivity contribution in [3.63, 3.8) is 0 Å². The number of benzene rings is 1. The fourth-order valence-corrected chi connectivity index (χ4v) is 4.30. The molecule has 10 nitrogen and oxygen atoms in total. The molecular weight excluding hydrogens is 606 g/mol. The number of nitrogens with one attached hydrogen (secondary N) is 3. The van der Waals surface area contributed by atoms with E-state index in [0.29, 0.717) is 44.6 Å². The minimum Gasteiger partial charge on any atom is -0.375 e. The van der Waals surface area contributed by atoms with Crippen molar-refractivity contribution in [3.8, 4) is 11.8 Å². The van der Waals surface area contributed by atoms with Crippen molar-refractivity contribution in [2.45, 2.75) is 139 Å². The summed E-state index contributed by atoms with van der Waals surface area (Å²) < 4.78 is 5.98. The largest absolute Gasteiger partial charge is 0.375 e. The zero-order chi connectivity index (χ0) is 37.3. The van der Waals surface area contributed by atoms with E-state index in [4.69, 9.17) is 10.5 Å². The lowest BCUT2D eigenvalue weighted by atomic mass is 9.87. The Labute approximate surface area is 292 Å². The van der Waals surface area contributed by atoms with E-state index in [1.165, 1.54) is 6.42 Å². The van der Waals surface area contributed by atoms with Crippen molar-refractivity contribution >= 4 is 29.3 Å². The number of nitrogens with zero attached hydrogens (tertiary/aromatic N) is 1. The Bertz CT molecular complexity index is 1170. The lowest BCUT2D eigenvalue weighted by molar-refractivity contribution is -0.141. The van der Waals surface area contributed by atoms with E-state index in [9.17, 15) is 19.2 Å². The summed E-state index contributed by atoms with van der Waals surface area (Å²) in [7, 11) is 1.77. The molecule has 10 heteroatoms. The van der Waals surface area contributed by atoms with Crippen molar-refractivity contribution < 1.29 is 23.9 Å². The van der Waals surface area contributed by atoms with Crippen LogP contribution in [0.1, 0.15) is 125 Å². The highest BCUT2D eigenvalue weighted by atomic mass is 16.5. The van der Waals surface area contributed by atoms with E-state index < -0.39 is 23.3 Å². The Morgan fingerprint density at radius 3 is 2.21 bits per heavy atom. The molecule has 0 saturated carbocycles. The molecule has 5 N–H and O–H groups in total. The molecule has 48 heavy (non-hydrogen) atoms. The number of rotatable bonds is 17. The average Bonchev–Trinajstić information content (AvgIpc) is 3.02. The molecule has 1 aromatic carbocycles. The first-order chi connectivity index (χ1) is 22.5. The first-order valence-corrected chi connectivity index (χ1v) is 17.5. The van der Waals surface area contributed by atoms with Crippen molar-refractivity contribution in [1.29, 1.82) is 0 Å². The Hall–Kier alpha value is -3.42. The molecule has 0 aliphatic carbocycles. The Balaban J connectivity index is 0. The summed E-state index contributed by atoms with van der Waals surface area (Å²) in [6.07, 6.45) is 4.90. The van der Waals surface area contributed by atoms with Gasteiger partial charge in [-0.3, -0.25) is 19.2 Å². The van der Waals surface area contributed by atoms with Crippen LogP contribution in [0.3, 0.4) is 0 Å². The maximum atomic E-state index is 13.3. The number of aryl methyl sites for hydroxylation is 1. The monoisotopic (exact) mass is 674 g/mol. The first kappa shape index (κ1) is 46.7. The van der Waals surface area contributed by atoms with E-state index in [1.54, 1.807) is 24.9 Å². The topological polar surface area (TPSA) is 143 Å². The van der Waals surface area contributed by atoms with Crippen molar-refractivity contribution in [3.05, 3.63) is 29.3 Å². The molecule has 0 radical (unpaired) electrons. The van der Waals surface area contributed by atoms with Gasteiger partial charge in [-0.15, -0.1) is 11.8 Å². The van der Waals surface area contributed by atoms with E-state index in [-0.39, 0.29) is 30.4 Å². The number of amides is 4. The highest BCUT2D eigenvalue weighted by Crippen LogP contribution is 2.27. The van der Waals surface area contributed by atoms with Gasteiger partial charge in [-0.05, 0) is 76.8 Å². The minimum absolute atomic E-state index is 0.00448. The second kappa shape index (κ2) is 25.6. The van der Waals surface area contributed by atoms with E-state index in [2.05, 4.69) is 41.6 Å². The zero-order valence-corrected chi connectivity index (χ0v) is 32.2. The van der Waals surface area contributed by atoms with Gasteiger partial charge in [0, 0.05) is 50.6 Å². The van der Waals surface area contributed by atoms with Gasteiger partial charge in [0.25, 0.3) is 0 Å². The van der Waals surface area contributed by atoms with Crippen molar-refractivity contribution in [1.82, 2.24) is 15.5 Å². The number of carbonyl (C=O) groups is 4. The second-order valence-electron chi connectivity index (χ2n) is 12.9. The number of ether oxygens (including phenoxy) is 1. The molecule has 4 amide bonds. The van der Waals surface area contributed by atoms with Crippen molar-refractivity contribution in [2.75, 3.05) is 32.1 Å². The Kier molecular flexibility index (Phi) is 24.9. The van der Waals surface area contributed by atoms with Gasteiger partial charge in [-0.2, -0.15) is 0 Å². The quantitative estimate of drug-likeness (QED) is 0.116. The van der Waals surface area contributed by atoms with Crippen LogP contribution in [0.4, 0.5) is 5.69 Å². The standard InChI is InChI=1S/C33H53N5O5.C3H8.C2H6/c1-9-10-11-12-13-14-28(39)35-22-29(40)36-25(3)30(41)37-27-16-15-24(2)26(21-27)23-38(8)31(42)32(4,5)18-20-43-33(6,7)17-19-34;1-3-2;1-2/h15-16,21,25H,9,12-14,17-20,22-23,34H2,1-8H3,(H,35,39)(H,36,40)(H,37,41);3H2,1-2H3;1-2H3. The predicted molar refractivity (Wildman–Crippen MR) is 198 cm³/mol. The average molecular weight is 674 g/mol. The highest BCUT2D eigenvalue weighted by molar-refractivity contribution is 5.97. The van der Waals surface area contributed by atoms with E-state index in [0.717, 1.165) is 24.0 Å². The van der Waals surface area contributed by atoms with E-state index in [1.807, 2.05) is 67.5 Å². The normalized spacial score (nSPS) is 11.3. The van der Waals surface area contributed by atoms with Gasteiger partial charge in [-0.25, -0.2) is 0 Å². The number of carbonyl (C=O) groups excluding carboxylic acids is 4. The van der Waals surface area contributed by atoms with Crippen LogP contribution in [-0.2, 0) is 30.5 Å². The van der Waals surface area contributed by atoms with Gasteiger partial charge in [0.2, 0.25) is 23.6 Å². The van der Waals surface area contributed by atoms with Gasteiger partial charge in [0.05, 0.1) is 12.1 Å². The SMILES string of the molecule is CC.CCC.CCC#CCCCC(=O)NCC(=O)NC(C)C(=O)Nc1ccc(C)c(CN(C)C(=O)C(C)(C)CCOC(C)(C)CCN)c1. The van der Waals surface area contributed by atoms with Crippen LogP contribution in [0.15, 0.2) is 18.2 Å². The number of hydrogen-bond donors (Lipinski definition) is 4. The summed E-state index contributed by atoms with van der Waals surface area (Å²) in [6, 6.07) is 4.68. The molecule has 1 unspecified atom stereocenters. The summed E-state index contributed by atoms with van der Waals surface area (Å²) in [6.45, 7) is 22.7. The molecular formula is C38H67N5O5. The number of unbranched alkanes of at least 4 members (excludes halogenated alkanes) is 1.